The number of amides is 2. The predicted octanol–water partition coefficient (Wildman–Crippen LogP) is 2.38. The average Bonchev–Trinajstić information content (AvgIpc) is 2.39. The molecule has 0 saturated carbocycles. The van der Waals surface area contributed by atoms with Crippen LogP contribution in [0.1, 0.15) is 5.56 Å². The highest BCUT2D eigenvalue weighted by molar-refractivity contribution is 5.97. The van der Waals surface area contributed by atoms with E-state index in [9.17, 15) is 4.79 Å². The number of carbonyl (C=O) groups is 1. The molecule has 0 spiro atoms. The van der Waals surface area contributed by atoms with Gasteiger partial charge in [-0.15, -0.1) is 0 Å². The molecule has 0 saturated heterocycles. The molecule has 84 valence electrons. The minimum absolute atomic E-state index is 0.158. The molecule has 0 fully saturated rings. The van der Waals surface area contributed by atoms with Gasteiger partial charge in [-0.25, -0.2) is 4.79 Å². The molecule has 4 nitrogen and oxygen atoms in total. The van der Waals surface area contributed by atoms with Gasteiger partial charge >= 0.3 is 6.03 Å². The number of anilines is 1. The van der Waals surface area contributed by atoms with Crippen LogP contribution in [0, 0.1) is 0 Å². The number of nitrogens with one attached hydrogen (secondary N) is 2. The summed E-state index contributed by atoms with van der Waals surface area (Å²) >= 11 is 0. The van der Waals surface area contributed by atoms with Crippen LogP contribution in [0.5, 0.6) is 0 Å². The zero-order chi connectivity index (χ0) is 11.7. The molecule has 2 N–H and O–H groups in total. The fourth-order valence-corrected chi connectivity index (χ4v) is 1.99. The van der Waals surface area contributed by atoms with Gasteiger partial charge in [0.2, 0.25) is 0 Å². The quantitative estimate of drug-likeness (QED) is 0.782. The van der Waals surface area contributed by atoms with Crippen LogP contribution in [0.2, 0.25) is 0 Å². The molecule has 4 heteroatoms. The maximum absolute atomic E-state index is 11.4. The largest absolute Gasteiger partial charge is 0.334 e. The second kappa shape index (κ2) is 3.90. The maximum Gasteiger partial charge on any atom is 0.319 e. The van der Waals surface area contributed by atoms with E-state index in [1.54, 1.807) is 12.4 Å². The molecule has 1 aromatic carbocycles. The molecule has 1 aromatic heterocycles. The summed E-state index contributed by atoms with van der Waals surface area (Å²) in [4.78, 5) is 15.5. The zero-order valence-electron chi connectivity index (χ0n) is 9.10. The first-order chi connectivity index (χ1) is 8.34. The normalized spacial score (nSPS) is 13.5. The van der Waals surface area contributed by atoms with Crippen LogP contribution in [-0.4, -0.2) is 11.0 Å². The smallest absolute Gasteiger partial charge is 0.319 e. The van der Waals surface area contributed by atoms with E-state index >= 15 is 0 Å². The molecule has 2 heterocycles. The highest BCUT2D eigenvalue weighted by atomic mass is 16.2. The first-order valence-corrected chi connectivity index (χ1v) is 5.42. The summed E-state index contributed by atoms with van der Waals surface area (Å²) in [5, 5.41) is 5.60. The number of urea groups is 1. The third-order valence-electron chi connectivity index (χ3n) is 2.80. The van der Waals surface area contributed by atoms with Crippen LogP contribution in [0.25, 0.3) is 11.1 Å². The van der Waals surface area contributed by atoms with Crippen LogP contribution in [0.15, 0.2) is 42.7 Å². The van der Waals surface area contributed by atoms with Crippen LogP contribution in [0.3, 0.4) is 0 Å². The van der Waals surface area contributed by atoms with Gasteiger partial charge in [-0.1, -0.05) is 24.3 Å². The Morgan fingerprint density at radius 2 is 2.12 bits per heavy atom. The van der Waals surface area contributed by atoms with E-state index in [1.165, 1.54) is 0 Å². The Labute approximate surface area is 98.7 Å². The van der Waals surface area contributed by atoms with Crippen LogP contribution >= 0.6 is 0 Å². The van der Waals surface area contributed by atoms with Crippen molar-refractivity contribution in [3.63, 3.8) is 0 Å². The lowest BCUT2D eigenvalue weighted by atomic mass is 10.0. The minimum atomic E-state index is -0.158. The van der Waals surface area contributed by atoms with Crippen molar-refractivity contribution in [3.8, 4) is 11.1 Å². The van der Waals surface area contributed by atoms with Crippen molar-refractivity contribution in [2.75, 3.05) is 5.32 Å². The molecule has 0 atom stereocenters. The topological polar surface area (TPSA) is 54.0 Å². The van der Waals surface area contributed by atoms with E-state index in [1.807, 2.05) is 30.3 Å². The zero-order valence-corrected chi connectivity index (χ0v) is 9.10. The Morgan fingerprint density at radius 1 is 1.18 bits per heavy atom. The van der Waals surface area contributed by atoms with Gasteiger partial charge in [-0.05, 0) is 11.6 Å². The molecular weight excluding hydrogens is 214 g/mol. The van der Waals surface area contributed by atoms with Crippen LogP contribution in [0.4, 0.5) is 10.5 Å². The Bertz CT molecular complexity index is 566. The number of hydrogen-bond acceptors (Lipinski definition) is 2. The molecule has 0 radical (unpaired) electrons. The average molecular weight is 225 g/mol. The van der Waals surface area contributed by atoms with E-state index < -0.39 is 0 Å². The van der Waals surface area contributed by atoms with Gasteiger partial charge in [0, 0.05) is 30.1 Å². The number of aromatic nitrogens is 1. The number of para-hydroxylation sites is 1. The van der Waals surface area contributed by atoms with E-state index in [0.717, 1.165) is 22.4 Å². The summed E-state index contributed by atoms with van der Waals surface area (Å²) in [5.41, 5.74) is 3.98. The van der Waals surface area contributed by atoms with Gasteiger partial charge < -0.3 is 10.6 Å². The van der Waals surface area contributed by atoms with Crippen molar-refractivity contribution in [1.29, 1.82) is 0 Å². The molecule has 2 amide bonds. The fraction of sp³-hybridized carbons (Fsp3) is 0.0769. The number of nitrogens with zero attached hydrogens (tertiary/aromatic N) is 1. The molecule has 0 bridgehead atoms. The molecular formula is C13H11N3O. The van der Waals surface area contributed by atoms with Gasteiger partial charge in [-0.2, -0.15) is 0 Å². The standard InChI is InChI=1S/C13H11N3O/c17-13-15-8-10-3-1-5-11(12(10)16-13)9-4-2-6-14-7-9/h1-7H,8H2,(H2,15,16,17). The number of hydrogen-bond donors (Lipinski definition) is 2. The monoisotopic (exact) mass is 225 g/mol. The molecule has 2 aromatic rings. The van der Waals surface area contributed by atoms with E-state index in [0.29, 0.717) is 6.54 Å². The first kappa shape index (κ1) is 9.84. The summed E-state index contributed by atoms with van der Waals surface area (Å²) in [6.07, 6.45) is 3.53. The summed E-state index contributed by atoms with van der Waals surface area (Å²) in [7, 11) is 0. The van der Waals surface area contributed by atoms with Crippen LogP contribution in [-0.2, 0) is 6.54 Å². The Hall–Kier alpha value is -2.36. The van der Waals surface area contributed by atoms with Crippen molar-refractivity contribution in [2.24, 2.45) is 0 Å². The third kappa shape index (κ3) is 1.73. The van der Waals surface area contributed by atoms with Crippen molar-refractivity contribution < 1.29 is 4.79 Å². The predicted molar refractivity (Wildman–Crippen MR) is 65.5 cm³/mol. The minimum Gasteiger partial charge on any atom is -0.334 e. The molecule has 1 aliphatic heterocycles. The van der Waals surface area contributed by atoms with Gasteiger partial charge in [0.1, 0.15) is 0 Å². The lowest BCUT2D eigenvalue weighted by Crippen LogP contribution is -2.33. The van der Waals surface area contributed by atoms with E-state index in [4.69, 9.17) is 0 Å². The number of pyridine rings is 1. The Morgan fingerprint density at radius 3 is 2.94 bits per heavy atom. The second-order valence-corrected chi connectivity index (χ2v) is 3.89. The molecule has 0 unspecified atom stereocenters. The lowest BCUT2D eigenvalue weighted by Gasteiger charge is -2.21. The summed E-state index contributed by atoms with van der Waals surface area (Å²) in [6.45, 7) is 0.565. The van der Waals surface area contributed by atoms with Gasteiger partial charge in [0.25, 0.3) is 0 Å². The third-order valence-corrected chi connectivity index (χ3v) is 2.80. The lowest BCUT2D eigenvalue weighted by molar-refractivity contribution is 0.251. The maximum atomic E-state index is 11.4. The highest BCUT2D eigenvalue weighted by Crippen LogP contribution is 2.31. The Balaban J connectivity index is 2.15. The van der Waals surface area contributed by atoms with Crippen molar-refractivity contribution in [2.45, 2.75) is 6.54 Å². The highest BCUT2D eigenvalue weighted by Gasteiger charge is 2.17. The summed E-state index contributed by atoms with van der Waals surface area (Å²) < 4.78 is 0. The van der Waals surface area contributed by atoms with Crippen molar-refractivity contribution in [3.05, 3.63) is 48.3 Å². The molecule has 1 aliphatic rings. The van der Waals surface area contributed by atoms with Gasteiger partial charge in [0.05, 0.1) is 5.69 Å². The SMILES string of the molecule is O=C1NCc2cccc(-c3cccnc3)c2N1. The number of benzene rings is 1. The first-order valence-electron chi connectivity index (χ1n) is 5.42. The fourth-order valence-electron chi connectivity index (χ4n) is 1.99. The molecule has 0 aliphatic carbocycles. The van der Waals surface area contributed by atoms with E-state index in [2.05, 4.69) is 15.6 Å². The molecule has 17 heavy (non-hydrogen) atoms. The Kier molecular flexibility index (Phi) is 2.26. The molecule has 3 rings (SSSR count). The number of fused-ring (bicyclic) bond motifs is 1. The van der Waals surface area contributed by atoms with Crippen molar-refractivity contribution in [1.82, 2.24) is 10.3 Å². The van der Waals surface area contributed by atoms with Crippen LogP contribution < -0.4 is 10.6 Å². The number of carbonyl (C=O) groups excluding carboxylic acids is 1. The summed E-state index contributed by atoms with van der Waals surface area (Å²) in [6, 6.07) is 9.69. The van der Waals surface area contributed by atoms with Gasteiger partial charge in [0.15, 0.2) is 0 Å². The van der Waals surface area contributed by atoms with Gasteiger partial charge in [-0.3, -0.25) is 4.98 Å². The number of rotatable bonds is 1. The van der Waals surface area contributed by atoms with Crippen molar-refractivity contribution >= 4 is 11.7 Å². The van der Waals surface area contributed by atoms with E-state index in [-0.39, 0.29) is 6.03 Å². The second-order valence-electron chi connectivity index (χ2n) is 3.89. The summed E-state index contributed by atoms with van der Waals surface area (Å²) in [5.74, 6) is 0.